The van der Waals surface area contributed by atoms with E-state index in [0.717, 1.165) is 0 Å². The fraction of sp³-hybridized carbons (Fsp3) is 1.00. The minimum atomic E-state index is -1.34. The molecule has 5 nitrogen and oxygen atoms in total. The topological polar surface area (TPSA) is 79.2 Å². The minimum absolute atomic E-state index is 0.0986. The number of aliphatic hydroxyl groups excluding tert-OH is 3. The molecule has 0 amide bonds. The van der Waals surface area contributed by atoms with Gasteiger partial charge in [-0.2, -0.15) is 0 Å². The van der Waals surface area contributed by atoms with E-state index in [2.05, 4.69) is 4.65 Å². The van der Waals surface area contributed by atoms with Crippen LogP contribution in [-0.2, 0) is 9.39 Å². The van der Waals surface area contributed by atoms with E-state index in [0.29, 0.717) is 0 Å². The fourth-order valence-corrected chi connectivity index (χ4v) is 1.21. The molecule has 0 bridgehead atoms. The molecule has 1 saturated heterocycles. The maximum Gasteiger partial charge on any atom is 0.282 e. The van der Waals surface area contributed by atoms with Gasteiger partial charge in [-0.3, -0.25) is 0 Å². The van der Waals surface area contributed by atoms with Crippen LogP contribution in [0.2, 0.25) is 0 Å². The molecule has 0 aliphatic carbocycles. The summed E-state index contributed by atoms with van der Waals surface area (Å²) in [6.07, 6.45) is -4.72. The minimum Gasteiger partial charge on any atom is -0.445 e. The van der Waals surface area contributed by atoms with Gasteiger partial charge in [-0.25, -0.2) is 0 Å². The molecule has 1 heterocycles. The summed E-state index contributed by atoms with van der Waals surface area (Å²) in [5.41, 5.74) is 0. The smallest absolute Gasteiger partial charge is 0.282 e. The standard InChI is InChI=1S/C6H10B2O5/c7-6-5(11)4(10)3(9)2(13-6)1-12-8/h2-6,9-11H,1H2. The molecule has 0 aromatic carbocycles. The lowest BCUT2D eigenvalue weighted by Gasteiger charge is -2.39. The third-order valence-electron chi connectivity index (χ3n) is 2.01. The van der Waals surface area contributed by atoms with E-state index in [1.807, 2.05) is 0 Å². The Kier molecular flexibility index (Phi) is 3.75. The van der Waals surface area contributed by atoms with Crippen molar-refractivity contribution in [3.05, 3.63) is 0 Å². The van der Waals surface area contributed by atoms with Crippen LogP contribution in [0.5, 0.6) is 0 Å². The van der Waals surface area contributed by atoms with Crippen molar-refractivity contribution in [2.45, 2.75) is 30.4 Å². The molecule has 0 saturated carbocycles. The third-order valence-corrected chi connectivity index (χ3v) is 2.01. The van der Waals surface area contributed by atoms with Crippen LogP contribution in [-0.4, -0.2) is 68.2 Å². The number of aliphatic hydroxyl groups is 3. The Morgan fingerprint density at radius 3 is 2.31 bits per heavy atom. The van der Waals surface area contributed by atoms with E-state index >= 15 is 0 Å². The van der Waals surface area contributed by atoms with Crippen LogP contribution in [0.15, 0.2) is 0 Å². The van der Waals surface area contributed by atoms with Crippen LogP contribution >= 0.6 is 0 Å². The summed E-state index contributed by atoms with van der Waals surface area (Å²) in [5, 5.41) is 27.8. The summed E-state index contributed by atoms with van der Waals surface area (Å²) in [4.78, 5) is 0. The maximum absolute atomic E-state index is 9.33. The van der Waals surface area contributed by atoms with Gasteiger partial charge in [0, 0.05) is 6.00 Å². The van der Waals surface area contributed by atoms with E-state index in [1.54, 1.807) is 0 Å². The van der Waals surface area contributed by atoms with E-state index in [1.165, 1.54) is 0 Å². The monoisotopic (exact) mass is 184 g/mol. The van der Waals surface area contributed by atoms with Gasteiger partial charge in [0.1, 0.15) is 26.2 Å². The van der Waals surface area contributed by atoms with Gasteiger partial charge >= 0.3 is 0 Å². The molecule has 1 rings (SSSR count). The first-order valence-corrected chi connectivity index (χ1v) is 3.85. The molecule has 1 aliphatic rings. The van der Waals surface area contributed by atoms with Crippen molar-refractivity contribution in [3.8, 4) is 0 Å². The zero-order valence-electron chi connectivity index (χ0n) is 6.91. The van der Waals surface area contributed by atoms with Crippen molar-refractivity contribution in [2.24, 2.45) is 0 Å². The second-order valence-electron chi connectivity index (χ2n) is 2.94. The van der Waals surface area contributed by atoms with Gasteiger partial charge in [0.2, 0.25) is 0 Å². The maximum atomic E-state index is 9.33. The molecular weight excluding hydrogens is 174 g/mol. The first-order valence-electron chi connectivity index (χ1n) is 3.85. The Balaban J connectivity index is 2.59. The molecular formula is C6H10B2O5. The number of ether oxygens (including phenoxy) is 1. The summed E-state index contributed by atoms with van der Waals surface area (Å²) in [5.74, 6) is 0. The number of hydrogen-bond donors (Lipinski definition) is 3. The Bertz CT molecular complexity index is 169. The van der Waals surface area contributed by atoms with Crippen molar-refractivity contribution in [3.63, 3.8) is 0 Å². The van der Waals surface area contributed by atoms with E-state index in [-0.39, 0.29) is 6.61 Å². The number of rotatable bonds is 2. The van der Waals surface area contributed by atoms with E-state index in [9.17, 15) is 15.3 Å². The van der Waals surface area contributed by atoms with Crippen molar-refractivity contribution in [1.82, 2.24) is 0 Å². The predicted octanol–water partition coefficient (Wildman–Crippen LogP) is -2.94. The van der Waals surface area contributed by atoms with Crippen LogP contribution in [0.4, 0.5) is 0 Å². The predicted molar refractivity (Wildman–Crippen MR) is 44.1 cm³/mol. The van der Waals surface area contributed by atoms with Gasteiger partial charge in [0.05, 0.1) is 12.7 Å². The van der Waals surface area contributed by atoms with Gasteiger partial charge in [-0.05, 0) is 0 Å². The summed E-state index contributed by atoms with van der Waals surface area (Å²) in [6.45, 7) is -0.0986. The summed E-state index contributed by atoms with van der Waals surface area (Å²) < 4.78 is 9.18. The van der Waals surface area contributed by atoms with Gasteiger partial charge in [-0.1, -0.05) is 0 Å². The van der Waals surface area contributed by atoms with Crippen molar-refractivity contribution in [2.75, 3.05) is 6.61 Å². The molecule has 1 aliphatic heterocycles. The Hall–Kier alpha value is -0.0701. The fourth-order valence-electron chi connectivity index (χ4n) is 1.21. The lowest BCUT2D eigenvalue weighted by atomic mass is 9.85. The lowest BCUT2D eigenvalue weighted by Crippen LogP contribution is -2.58. The van der Waals surface area contributed by atoms with E-state index < -0.39 is 30.4 Å². The largest absolute Gasteiger partial charge is 0.445 e. The quantitative estimate of drug-likeness (QED) is 0.400. The molecule has 13 heavy (non-hydrogen) atoms. The van der Waals surface area contributed by atoms with Crippen LogP contribution in [0.3, 0.4) is 0 Å². The highest BCUT2D eigenvalue weighted by Crippen LogP contribution is 2.19. The van der Waals surface area contributed by atoms with Gasteiger partial charge < -0.3 is 24.7 Å². The molecule has 3 N–H and O–H groups in total. The van der Waals surface area contributed by atoms with Gasteiger partial charge in [0.15, 0.2) is 0 Å². The van der Waals surface area contributed by atoms with Gasteiger partial charge in [-0.15, -0.1) is 0 Å². The SMILES string of the molecule is [B]OCC1OC([B])C(O)C(O)C1O. The summed E-state index contributed by atoms with van der Waals surface area (Å²) >= 11 is 0. The molecule has 0 spiro atoms. The highest BCUT2D eigenvalue weighted by atomic mass is 16.6. The average molecular weight is 184 g/mol. The molecule has 0 aromatic rings. The molecule has 5 unspecified atom stereocenters. The lowest BCUT2D eigenvalue weighted by molar-refractivity contribution is -0.206. The summed E-state index contributed by atoms with van der Waals surface area (Å²) in [7, 11) is 10.1. The third kappa shape index (κ3) is 2.24. The molecule has 0 aromatic heterocycles. The number of hydrogen-bond acceptors (Lipinski definition) is 5. The van der Waals surface area contributed by atoms with Crippen LogP contribution < -0.4 is 0 Å². The Labute approximate surface area is 78.5 Å². The Morgan fingerprint density at radius 2 is 1.77 bits per heavy atom. The highest BCUT2D eigenvalue weighted by molar-refractivity contribution is 6.11. The van der Waals surface area contributed by atoms with Crippen molar-refractivity contribution < 1.29 is 24.7 Å². The van der Waals surface area contributed by atoms with Crippen LogP contribution in [0, 0.1) is 0 Å². The van der Waals surface area contributed by atoms with Crippen molar-refractivity contribution >= 4 is 15.9 Å². The first kappa shape index (κ1) is 11.0. The van der Waals surface area contributed by atoms with Crippen LogP contribution in [0.25, 0.3) is 0 Å². The Morgan fingerprint density at radius 1 is 1.15 bits per heavy atom. The normalized spacial score (nSPS) is 46.2. The second-order valence-corrected chi connectivity index (χ2v) is 2.94. The van der Waals surface area contributed by atoms with E-state index in [4.69, 9.17) is 20.6 Å². The molecule has 70 valence electrons. The average Bonchev–Trinajstić information content (AvgIpc) is 2.11. The second kappa shape index (κ2) is 4.43. The van der Waals surface area contributed by atoms with Crippen LogP contribution in [0.1, 0.15) is 0 Å². The van der Waals surface area contributed by atoms with Crippen molar-refractivity contribution in [1.29, 1.82) is 0 Å². The highest BCUT2D eigenvalue weighted by Gasteiger charge is 2.40. The zero-order valence-corrected chi connectivity index (χ0v) is 6.91. The first-order chi connectivity index (χ1) is 6.07. The van der Waals surface area contributed by atoms with Gasteiger partial charge in [0.25, 0.3) is 8.05 Å². The molecule has 7 heteroatoms. The molecule has 1 fully saturated rings. The zero-order chi connectivity index (χ0) is 10.0. The molecule has 5 atom stereocenters. The molecule has 4 radical (unpaired) electrons. The summed E-state index contributed by atoms with van der Waals surface area (Å²) in [6, 6.07) is -1.04.